The molecular formula is C12H13NO3S. The summed E-state index contributed by atoms with van der Waals surface area (Å²) in [4.78, 5) is 20.9. The summed E-state index contributed by atoms with van der Waals surface area (Å²) in [6.07, 6.45) is 3.61. The van der Waals surface area contributed by atoms with Crippen LogP contribution in [0.1, 0.15) is 18.1 Å². The second kappa shape index (κ2) is 6.20. The second-order valence-corrected chi connectivity index (χ2v) is 4.76. The molecule has 1 rings (SSSR count). The van der Waals surface area contributed by atoms with Crippen LogP contribution in [0.2, 0.25) is 0 Å². The van der Waals surface area contributed by atoms with Crippen LogP contribution in [-0.4, -0.2) is 15.8 Å². The van der Waals surface area contributed by atoms with E-state index in [0.717, 1.165) is 11.1 Å². The molecule has 0 radical (unpaired) electrons. The number of hydrogen-bond donors (Lipinski definition) is 0. The average Bonchev–Trinajstić information content (AvgIpc) is 2.23. The maximum atomic E-state index is 10.7. The molecule has 0 N–H and O–H groups in total. The molecule has 0 unspecified atom stereocenters. The summed E-state index contributed by atoms with van der Waals surface area (Å²) >= 11 is 1.21. The zero-order valence-electron chi connectivity index (χ0n) is 9.67. The van der Waals surface area contributed by atoms with Crippen molar-refractivity contribution in [3.8, 4) is 0 Å². The molecule has 1 aromatic carbocycles. The molecule has 0 saturated carbocycles. The lowest BCUT2D eigenvalue weighted by atomic mass is 10.1. The largest absolute Gasteiger partial charge is 0.288 e. The van der Waals surface area contributed by atoms with Crippen LogP contribution >= 0.6 is 11.8 Å². The summed E-state index contributed by atoms with van der Waals surface area (Å²) in [5, 5.41) is 10.7. The lowest BCUT2D eigenvalue weighted by Gasteiger charge is -1.98. The van der Waals surface area contributed by atoms with Crippen molar-refractivity contribution in [1.29, 1.82) is 0 Å². The van der Waals surface area contributed by atoms with Gasteiger partial charge >= 0.3 is 0 Å². The van der Waals surface area contributed by atoms with Gasteiger partial charge < -0.3 is 0 Å². The highest BCUT2D eigenvalue weighted by Crippen LogP contribution is 2.18. The number of rotatable bonds is 4. The molecule has 0 spiro atoms. The lowest BCUT2D eigenvalue weighted by Crippen LogP contribution is -1.89. The smallest absolute Gasteiger partial charge is 0.270 e. The first-order valence-electron chi connectivity index (χ1n) is 5.05. The van der Waals surface area contributed by atoms with E-state index in [1.54, 1.807) is 6.08 Å². The Morgan fingerprint density at radius 3 is 2.76 bits per heavy atom. The number of nitrogens with zero attached hydrogens (tertiary/aromatic N) is 1. The second-order valence-electron chi connectivity index (χ2n) is 3.56. The van der Waals surface area contributed by atoms with Crippen LogP contribution in [0.4, 0.5) is 5.69 Å². The molecule has 0 heterocycles. The van der Waals surface area contributed by atoms with Crippen LogP contribution in [0, 0.1) is 17.0 Å². The molecule has 0 aliphatic carbocycles. The molecule has 0 saturated heterocycles. The highest BCUT2D eigenvalue weighted by Gasteiger charge is 2.06. The van der Waals surface area contributed by atoms with Crippen LogP contribution in [0.3, 0.4) is 0 Å². The van der Waals surface area contributed by atoms with Crippen LogP contribution in [0.25, 0.3) is 6.08 Å². The topological polar surface area (TPSA) is 60.2 Å². The number of hydrogen-bond acceptors (Lipinski definition) is 4. The van der Waals surface area contributed by atoms with E-state index >= 15 is 0 Å². The summed E-state index contributed by atoms with van der Waals surface area (Å²) < 4.78 is 0. The molecule has 0 fully saturated rings. The van der Waals surface area contributed by atoms with Crippen LogP contribution in [-0.2, 0) is 4.79 Å². The van der Waals surface area contributed by atoms with Crippen molar-refractivity contribution in [3.05, 3.63) is 45.5 Å². The van der Waals surface area contributed by atoms with E-state index in [-0.39, 0.29) is 10.8 Å². The third-order valence-corrected chi connectivity index (χ3v) is 2.75. The zero-order chi connectivity index (χ0) is 12.8. The number of carbonyl (C=O) groups is 1. The molecule has 0 bridgehead atoms. The highest BCUT2D eigenvalue weighted by molar-refractivity contribution is 8.13. The van der Waals surface area contributed by atoms with Gasteiger partial charge in [0, 0.05) is 24.8 Å². The first-order chi connectivity index (χ1) is 7.99. The van der Waals surface area contributed by atoms with Crippen molar-refractivity contribution in [1.82, 2.24) is 0 Å². The molecule has 4 nitrogen and oxygen atoms in total. The fraction of sp³-hybridized carbons (Fsp3) is 0.250. The standard InChI is InChI=1S/C12H13NO3S/c1-9-6-11(4-3-5-17-10(2)14)8-12(7-9)13(15)16/h3-4,6-8H,5H2,1-2H3. The quantitative estimate of drug-likeness (QED) is 0.609. The first-order valence-corrected chi connectivity index (χ1v) is 6.03. The van der Waals surface area contributed by atoms with Gasteiger partial charge in [-0.3, -0.25) is 14.9 Å². The maximum Gasteiger partial charge on any atom is 0.270 e. The van der Waals surface area contributed by atoms with E-state index in [2.05, 4.69) is 0 Å². The Balaban J connectivity index is 2.77. The summed E-state index contributed by atoms with van der Waals surface area (Å²) in [6, 6.07) is 4.91. The fourth-order valence-electron chi connectivity index (χ4n) is 1.34. The first kappa shape index (κ1) is 13.4. The Morgan fingerprint density at radius 2 is 2.18 bits per heavy atom. The number of thioether (sulfide) groups is 1. The summed E-state index contributed by atoms with van der Waals surface area (Å²) in [5.41, 5.74) is 1.71. The van der Waals surface area contributed by atoms with Gasteiger partial charge in [0.25, 0.3) is 5.69 Å². The normalized spacial score (nSPS) is 10.7. The number of nitro groups is 1. The van der Waals surface area contributed by atoms with Gasteiger partial charge in [0.05, 0.1) is 4.92 Å². The molecule has 0 aromatic heterocycles. The van der Waals surface area contributed by atoms with E-state index in [0.29, 0.717) is 5.75 Å². The number of benzene rings is 1. The molecule has 0 atom stereocenters. The van der Waals surface area contributed by atoms with Crippen molar-refractivity contribution in [2.75, 3.05) is 5.75 Å². The molecule has 1 aromatic rings. The number of carbonyl (C=O) groups excluding carboxylic acids is 1. The summed E-state index contributed by atoms with van der Waals surface area (Å²) in [7, 11) is 0. The fourth-order valence-corrected chi connectivity index (χ4v) is 1.77. The molecule has 17 heavy (non-hydrogen) atoms. The van der Waals surface area contributed by atoms with Crippen molar-refractivity contribution in [3.63, 3.8) is 0 Å². The monoisotopic (exact) mass is 251 g/mol. The van der Waals surface area contributed by atoms with Crippen LogP contribution in [0.5, 0.6) is 0 Å². The number of non-ortho nitro benzene ring substituents is 1. The Bertz CT molecular complexity index is 469. The Kier molecular flexibility index (Phi) is 4.90. The van der Waals surface area contributed by atoms with E-state index < -0.39 is 4.92 Å². The van der Waals surface area contributed by atoms with Gasteiger partial charge in [-0.25, -0.2) is 0 Å². The van der Waals surface area contributed by atoms with Crippen molar-refractivity contribution in [2.45, 2.75) is 13.8 Å². The molecule has 0 amide bonds. The minimum Gasteiger partial charge on any atom is -0.288 e. The van der Waals surface area contributed by atoms with Crippen LogP contribution in [0.15, 0.2) is 24.3 Å². The van der Waals surface area contributed by atoms with E-state index in [9.17, 15) is 14.9 Å². The Hall–Kier alpha value is -1.62. The van der Waals surface area contributed by atoms with Gasteiger partial charge in [-0.2, -0.15) is 0 Å². The predicted octanol–water partition coefficient (Wildman–Crippen LogP) is 3.20. The van der Waals surface area contributed by atoms with E-state index in [1.165, 1.54) is 30.8 Å². The highest BCUT2D eigenvalue weighted by atomic mass is 32.2. The van der Waals surface area contributed by atoms with Gasteiger partial charge in [0.2, 0.25) is 0 Å². The van der Waals surface area contributed by atoms with Gasteiger partial charge in [-0.15, -0.1) is 0 Å². The zero-order valence-corrected chi connectivity index (χ0v) is 10.5. The Labute approximate surface area is 104 Å². The molecule has 5 heteroatoms. The third kappa shape index (κ3) is 4.82. The summed E-state index contributed by atoms with van der Waals surface area (Å²) in [5.74, 6) is 0.580. The van der Waals surface area contributed by atoms with Crippen LogP contribution < -0.4 is 0 Å². The van der Waals surface area contributed by atoms with Gasteiger partial charge in [0.15, 0.2) is 5.12 Å². The van der Waals surface area contributed by atoms with Crippen molar-refractivity contribution < 1.29 is 9.72 Å². The van der Waals surface area contributed by atoms with Gasteiger partial charge in [0.1, 0.15) is 0 Å². The molecular weight excluding hydrogens is 238 g/mol. The average molecular weight is 251 g/mol. The lowest BCUT2D eigenvalue weighted by molar-refractivity contribution is -0.384. The van der Waals surface area contributed by atoms with E-state index in [4.69, 9.17) is 0 Å². The maximum absolute atomic E-state index is 10.7. The SMILES string of the molecule is CC(=O)SCC=Cc1cc(C)cc([N+](=O)[O-])c1. The minimum atomic E-state index is -0.408. The van der Waals surface area contributed by atoms with Gasteiger partial charge in [-0.05, 0) is 18.1 Å². The summed E-state index contributed by atoms with van der Waals surface area (Å²) in [6.45, 7) is 3.32. The van der Waals surface area contributed by atoms with Crippen molar-refractivity contribution >= 4 is 28.6 Å². The van der Waals surface area contributed by atoms with E-state index in [1.807, 2.05) is 19.1 Å². The molecule has 90 valence electrons. The minimum absolute atomic E-state index is 0.0601. The Morgan fingerprint density at radius 1 is 1.47 bits per heavy atom. The molecule has 0 aliphatic rings. The number of aryl methyl sites for hydroxylation is 1. The molecule has 0 aliphatic heterocycles. The third-order valence-electron chi connectivity index (χ3n) is 1.99. The van der Waals surface area contributed by atoms with Gasteiger partial charge in [-0.1, -0.05) is 30.0 Å². The van der Waals surface area contributed by atoms with Crippen molar-refractivity contribution in [2.24, 2.45) is 0 Å². The number of nitro benzene ring substituents is 1. The predicted molar refractivity (Wildman–Crippen MR) is 70.0 cm³/mol.